The van der Waals surface area contributed by atoms with Crippen molar-refractivity contribution in [1.29, 1.82) is 0 Å². The first-order valence-electron chi connectivity index (χ1n) is 10.9. The molecule has 1 aromatic rings. The third-order valence-electron chi connectivity index (χ3n) is 5.33. The van der Waals surface area contributed by atoms with Gasteiger partial charge in [0.2, 0.25) is 0 Å². The second-order valence-corrected chi connectivity index (χ2v) is 32.5. The summed E-state index contributed by atoms with van der Waals surface area (Å²) in [7, 11) is 0.0252. The third-order valence-corrected chi connectivity index (χ3v) is 26.2. The van der Waals surface area contributed by atoms with Crippen LogP contribution in [0.15, 0.2) is 36.0 Å². The first kappa shape index (κ1) is 24.2. The Morgan fingerprint density at radius 3 is 1.69 bits per heavy atom. The Bertz CT molecular complexity index is 495. The van der Waals surface area contributed by atoms with Crippen LogP contribution in [0, 0.1) is 0 Å². The van der Waals surface area contributed by atoms with E-state index in [0.29, 0.717) is 0 Å². The fourth-order valence-corrected chi connectivity index (χ4v) is 26.5. The van der Waals surface area contributed by atoms with E-state index in [0.717, 1.165) is 9.04 Å². The van der Waals surface area contributed by atoms with E-state index in [1.54, 1.807) is 18.9 Å². The standard InChI is InChI=1S/C11H15Si2.3C4H9.Sn/c1-13(2,3)12-10-9-11-7-5-4-6-8-11;3*1-3-4-2;/h4-8,10H,1-3H3;3*1,3-4H2,2H3;. The monoisotopic (exact) mass is 494 g/mol. The molecule has 1 rings (SSSR count). The SMILES string of the molecule is CCC[CH2][Sn]([CH2]CCC)([CH2]CCC)/[C](=C\[Si][Si](C)(C)C)c1ccccc1. The number of hydrogen-bond acceptors (Lipinski definition) is 0. The molecule has 0 nitrogen and oxygen atoms in total. The Kier molecular flexibility index (Phi) is 11.8. The molecule has 26 heavy (non-hydrogen) atoms. The van der Waals surface area contributed by atoms with Gasteiger partial charge in [-0.1, -0.05) is 0 Å². The van der Waals surface area contributed by atoms with Gasteiger partial charge in [0, 0.05) is 0 Å². The van der Waals surface area contributed by atoms with Crippen molar-refractivity contribution in [3.8, 4) is 0 Å². The molecule has 0 saturated carbocycles. The predicted octanol–water partition coefficient (Wildman–Crippen LogP) is 7.95. The number of hydrogen-bond donors (Lipinski definition) is 0. The molecule has 0 aliphatic heterocycles. The Morgan fingerprint density at radius 1 is 0.846 bits per heavy atom. The first-order valence-corrected chi connectivity index (χ1v) is 24.0. The van der Waals surface area contributed by atoms with Crippen molar-refractivity contribution < 1.29 is 0 Å². The van der Waals surface area contributed by atoms with Gasteiger partial charge in [-0.3, -0.25) is 0 Å². The van der Waals surface area contributed by atoms with Crippen LogP contribution < -0.4 is 0 Å². The normalized spacial score (nSPS) is 13.2. The summed E-state index contributed by atoms with van der Waals surface area (Å²) >= 11 is -2.37. The molecule has 0 aromatic heterocycles. The quantitative estimate of drug-likeness (QED) is 0.245. The number of unbranched alkanes of at least 4 members (excludes halogenated alkanes) is 3. The summed E-state index contributed by atoms with van der Waals surface area (Å²) in [5.74, 6) is 0. The molecule has 0 heterocycles. The topological polar surface area (TPSA) is 0 Å². The molecule has 0 aliphatic rings. The molecule has 0 amide bonds. The van der Waals surface area contributed by atoms with Gasteiger partial charge in [-0.15, -0.1) is 0 Å². The van der Waals surface area contributed by atoms with Gasteiger partial charge < -0.3 is 0 Å². The summed E-state index contributed by atoms with van der Waals surface area (Å²) in [6.45, 7) is 14.7. The molecule has 0 unspecified atom stereocenters. The molecule has 1 aromatic carbocycles. The Hall–Kier alpha value is 0.192. The zero-order valence-corrected chi connectivity index (χ0v) is 23.2. The summed E-state index contributed by atoms with van der Waals surface area (Å²) in [6.07, 6.45) is 8.41. The Morgan fingerprint density at radius 2 is 1.31 bits per heavy atom. The van der Waals surface area contributed by atoms with Crippen LogP contribution in [0.5, 0.6) is 0 Å². The summed E-state index contributed by atoms with van der Waals surface area (Å²) in [5.41, 5.74) is 4.37. The average Bonchev–Trinajstić information content (AvgIpc) is 2.62. The minimum absolute atomic E-state index is 1.04. The van der Waals surface area contributed by atoms with E-state index < -0.39 is 26.0 Å². The Balaban J connectivity index is 3.39. The van der Waals surface area contributed by atoms with Gasteiger partial charge in [0.15, 0.2) is 0 Å². The molecule has 0 N–H and O–H groups in total. The molecular weight excluding hydrogens is 451 g/mol. The predicted molar refractivity (Wildman–Crippen MR) is 128 cm³/mol. The van der Waals surface area contributed by atoms with Crippen LogP contribution in [0.1, 0.15) is 64.9 Å². The van der Waals surface area contributed by atoms with Crippen LogP contribution in [0.3, 0.4) is 0 Å². The van der Waals surface area contributed by atoms with E-state index >= 15 is 0 Å². The van der Waals surface area contributed by atoms with E-state index in [9.17, 15) is 0 Å². The van der Waals surface area contributed by atoms with Crippen LogP contribution in [0.4, 0.5) is 0 Å². The summed E-state index contributed by atoms with van der Waals surface area (Å²) in [5, 5.41) is 0. The third kappa shape index (κ3) is 8.47. The number of benzene rings is 1. The number of rotatable bonds is 13. The zero-order chi connectivity index (χ0) is 19.5. The molecule has 0 spiro atoms. The molecular formula is C23H42Si2Sn. The average molecular weight is 493 g/mol. The maximum absolute atomic E-state index is 2.79. The van der Waals surface area contributed by atoms with Gasteiger partial charge in [-0.05, 0) is 0 Å². The van der Waals surface area contributed by atoms with Gasteiger partial charge >= 0.3 is 172 Å². The van der Waals surface area contributed by atoms with Crippen molar-refractivity contribution >= 4 is 38.6 Å². The van der Waals surface area contributed by atoms with Gasteiger partial charge in [-0.25, -0.2) is 0 Å². The van der Waals surface area contributed by atoms with Crippen molar-refractivity contribution in [2.75, 3.05) is 0 Å². The second kappa shape index (κ2) is 12.6. The molecule has 3 heteroatoms. The van der Waals surface area contributed by atoms with Crippen molar-refractivity contribution in [2.24, 2.45) is 0 Å². The van der Waals surface area contributed by atoms with Crippen LogP contribution in [-0.2, 0) is 0 Å². The van der Waals surface area contributed by atoms with Crippen LogP contribution >= 0.6 is 0 Å². The van der Waals surface area contributed by atoms with E-state index in [4.69, 9.17) is 0 Å². The second-order valence-electron chi connectivity index (χ2n) is 8.91. The van der Waals surface area contributed by atoms with Gasteiger partial charge in [0.1, 0.15) is 0 Å². The van der Waals surface area contributed by atoms with Crippen LogP contribution in [0.2, 0.25) is 33.0 Å². The maximum atomic E-state index is 2.79. The molecule has 0 saturated heterocycles. The fraction of sp³-hybridized carbons (Fsp3) is 0.652. The molecule has 0 aliphatic carbocycles. The van der Waals surface area contributed by atoms with Gasteiger partial charge in [0.25, 0.3) is 0 Å². The molecule has 2 radical (unpaired) electrons. The van der Waals surface area contributed by atoms with E-state index in [-0.39, 0.29) is 0 Å². The van der Waals surface area contributed by atoms with Crippen molar-refractivity contribution in [3.63, 3.8) is 0 Å². The molecule has 0 atom stereocenters. The fourth-order valence-electron chi connectivity index (χ4n) is 3.77. The first-order chi connectivity index (χ1) is 12.4. The van der Waals surface area contributed by atoms with Crippen LogP contribution in [-0.4, -0.2) is 35.0 Å². The van der Waals surface area contributed by atoms with E-state index in [2.05, 4.69) is 76.4 Å². The van der Waals surface area contributed by atoms with Crippen molar-refractivity contribution in [3.05, 3.63) is 41.6 Å². The zero-order valence-electron chi connectivity index (χ0n) is 18.3. The van der Waals surface area contributed by atoms with Gasteiger partial charge in [0.05, 0.1) is 0 Å². The molecule has 0 bridgehead atoms. The molecule has 0 fully saturated rings. The minimum atomic E-state index is -2.37. The summed E-state index contributed by atoms with van der Waals surface area (Å²) in [6, 6.07) is 11.5. The Labute approximate surface area is 171 Å². The van der Waals surface area contributed by atoms with Gasteiger partial charge in [-0.2, -0.15) is 0 Å². The molecule has 146 valence electrons. The van der Waals surface area contributed by atoms with Crippen molar-refractivity contribution in [2.45, 2.75) is 92.2 Å². The van der Waals surface area contributed by atoms with Crippen molar-refractivity contribution in [1.82, 2.24) is 0 Å². The summed E-state index contributed by atoms with van der Waals surface area (Å²) < 4.78 is 6.61. The van der Waals surface area contributed by atoms with Crippen LogP contribution in [0.25, 0.3) is 3.59 Å². The summed E-state index contributed by atoms with van der Waals surface area (Å²) in [4.78, 5) is 0. The van der Waals surface area contributed by atoms with E-state index in [1.807, 2.05) is 3.59 Å². The van der Waals surface area contributed by atoms with E-state index in [1.165, 1.54) is 38.5 Å².